The maximum Gasteiger partial charge on any atom is 0.409 e. The first-order valence-electron chi connectivity index (χ1n) is 9.58. The Morgan fingerprint density at radius 3 is 2.34 bits per heavy atom. The van der Waals surface area contributed by atoms with Gasteiger partial charge < -0.3 is 14.5 Å². The molecular weight excluding hydrogens is 394 g/mol. The summed E-state index contributed by atoms with van der Waals surface area (Å²) in [5, 5.41) is 1.80. The van der Waals surface area contributed by atoms with E-state index in [4.69, 9.17) is 4.74 Å². The van der Waals surface area contributed by atoms with Gasteiger partial charge in [0.25, 0.3) is 0 Å². The second kappa shape index (κ2) is 9.23. The fourth-order valence-corrected chi connectivity index (χ4v) is 4.29. The van der Waals surface area contributed by atoms with E-state index in [1.165, 1.54) is 0 Å². The first-order valence-corrected chi connectivity index (χ1v) is 11.1. The average molecular weight is 420 g/mol. The van der Waals surface area contributed by atoms with Gasteiger partial charge in [-0.05, 0) is 29.8 Å². The Morgan fingerprint density at radius 1 is 1.00 bits per heavy atom. The molecule has 0 atom stereocenters. The fourth-order valence-electron chi connectivity index (χ4n) is 3.22. The molecule has 156 valence electrons. The number of benzene rings is 2. The van der Waals surface area contributed by atoms with E-state index in [1.54, 1.807) is 34.9 Å². The van der Waals surface area contributed by atoms with Gasteiger partial charge in [-0.1, -0.05) is 30.3 Å². The molecule has 0 radical (unpaired) electrons. The van der Waals surface area contributed by atoms with Crippen molar-refractivity contribution >= 4 is 32.8 Å². The van der Waals surface area contributed by atoms with Gasteiger partial charge in [0.1, 0.15) is 0 Å². The zero-order valence-corrected chi connectivity index (χ0v) is 17.2. The molecule has 1 N–H and O–H groups in total. The maximum atomic E-state index is 12.5. The summed E-state index contributed by atoms with van der Waals surface area (Å²) in [7, 11) is -3.69. The van der Waals surface area contributed by atoms with Crippen LogP contribution in [0.25, 0.3) is 10.8 Å². The first kappa shape index (κ1) is 21.1. The lowest BCUT2D eigenvalue weighted by atomic mass is 10.1. The van der Waals surface area contributed by atoms with Gasteiger partial charge in [-0.15, -0.1) is 0 Å². The number of nitrogens with zero attached hydrogens (tertiary/aromatic N) is 2. The molecule has 0 unspecified atom stereocenters. The van der Waals surface area contributed by atoms with E-state index >= 15 is 0 Å². The van der Waals surface area contributed by atoms with E-state index in [1.807, 2.05) is 24.3 Å². The zero-order valence-electron chi connectivity index (χ0n) is 16.3. The standard InChI is InChI=1S/C20H25N3O5S/c1-2-28-20(25)23-13-11-22(12-14-23)19(24)9-10-21-29(26,27)18-8-7-16-5-3-4-6-17(16)15-18/h3-8,15,21H,2,9-14H2,1H3. The van der Waals surface area contributed by atoms with Crippen molar-refractivity contribution in [1.29, 1.82) is 0 Å². The number of piperazine rings is 1. The van der Waals surface area contributed by atoms with E-state index < -0.39 is 10.0 Å². The van der Waals surface area contributed by atoms with Crippen LogP contribution in [0.1, 0.15) is 13.3 Å². The van der Waals surface area contributed by atoms with E-state index in [0.717, 1.165) is 10.8 Å². The molecule has 2 amide bonds. The number of nitrogens with one attached hydrogen (secondary N) is 1. The molecule has 3 rings (SSSR count). The van der Waals surface area contributed by atoms with Crippen LogP contribution in [0, 0.1) is 0 Å². The SMILES string of the molecule is CCOC(=O)N1CCN(C(=O)CCNS(=O)(=O)c2ccc3ccccc3c2)CC1. The summed E-state index contributed by atoms with van der Waals surface area (Å²) in [5.41, 5.74) is 0. The van der Waals surface area contributed by atoms with E-state index in [-0.39, 0.29) is 29.9 Å². The molecule has 1 aliphatic heterocycles. The lowest BCUT2D eigenvalue weighted by molar-refractivity contribution is -0.132. The van der Waals surface area contributed by atoms with E-state index in [9.17, 15) is 18.0 Å². The third kappa shape index (κ3) is 5.24. The first-order chi connectivity index (χ1) is 13.9. The Labute approximate surface area is 170 Å². The van der Waals surface area contributed by atoms with Gasteiger partial charge >= 0.3 is 6.09 Å². The third-order valence-corrected chi connectivity index (χ3v) is 6.28. The molecule has 0 saturated carbocycles. The van der Waals surface area contributed by atoms with Crippen LogP contribution in [0.5, 0.6) is 0 Å². The molecule has 29 heavy (non-hydrogen) atoms. The molecule has 1 aliphatic rings. The smallest absolute Gasteiger partial charge is 0.409 e. The molecule has 9 heteroatoms. The Balaban J connectivity index is 1.50. The van der Waals surface area contributed by atoms with Gasteiger partial charge in [0.05, 0.1) is 11.5 Å². The number of sulfonamides is 1. The number of rotatable bonds is 6. The minimum absolute atomic E-state index is 0.0199. The normalized spacial score (nSPS) is 14.8. The van der Waals surface area contributed by atoms with Gasteiger partial charge in [-0.3, -0.25) is 4.79 Å². The Kier molecular flexibility index (Phi) is 6.71. The second-order valence-electron chi connectivity index (χ2n) is 6.72. The predicted octanol–water partition coefficient (Wildman–Crippen LogP) is 1.81. The lowest BCUT2D eigenvalue weighted by Gasteiger charge is -2.34. The van der Waals surface area contributed by atoms with Crippen molar-refractivity contribution in [3.8, 4) is 0 Å². The number of amides is 2. The lowest BCUT2D eigenvalue weighted by Crippen LogP contribution is -2.51. The summed E-state index contributed by atoms with van der Waals surface area (Å²) >= 11 is 0. The topological polar surface area (TPSA) is 96.0 Å². The molecule has 0 bridgehead atoms. The van der Waals surface area contributed by atoms with Crippen molar-refractivity contribution in [2.24, 2.45) is 0 Å². The molecule has 2 aromatic rings. The number of carbonyl (C=O) groups excluding carboxylic acids is 2. The van der Waals surface area contributed by atoms with Crippen LogP contribution in [0.3, 0.4) is 0 Å². The van der Waals surface area contributed by atoms with Crippen LogP contribution in [0.15, 0.2) is 47.4 Å². The maximum absolute atomic E-state index is 12.5. The molecule has 1 fully saturated rings. The Hall–Kier alpha value is -2.65. The van der Waals surface area contributed by atoms with Crippen molar-refractivity contribution < 1.29 is 22.7 Å². The number of hydrogen-bond donors (Lipinski definition) is 1. The van der Waals surface area contributed by atoms with E-state index in [0.29, 0.717) is 32.8 Å². The number of carbonyl (C=O) groups is 2. The van der Waals surface area contributed by atoms with Crippen molar-refractivity contribution in [2.75, 3.05) is 39.3 Å². The molecule has 0 spiro atoms. The van der Waals surface area contributed by atoms with Crippen LogP contribution < -0.4 is 4.72 Å². The minimum atomic E-state index is -3.69. The molecule has 0 aliphatic carbocycles. The van der Waals surface area contributed by atoms with Crippen LogP contribution in [0.2, 0.25) is 0 Å². The molecule has 8 nitrogen and oxygen atoms in total. The molecule has 2 aromatic carbocycles. The fraction of sp³-hybridized carbons (Fsp3) is 0.400. The van der Waals surface area contributed by atoms with Gasteiger partial charge in [-0.2, -0.15) is 0 Å². The number of hydrogen-bond acceptors (Lipinski definition) is 5. The van der Waals surface area contributed by atoms with Gasteiger partial charge in [0.15, 0.2) is 0 Å². The van der Waals surface area contributed by atoms with Crippen molar-refractivity contribution in [2.45, 2.75) is 18.2 Å². The number of ether oxygens (including phenoxy) is 1. The summed E-state index contributed by atoms with van der Waals surface area (Å²) in [6.45, 7) is 3.73. The summed E-state index contributed by atoms with van der Waals surface area (Å²) in [5.74, 6) is -0.144. The summed E-state index contributed by atoms with van der Waals surface area (Å²) < 4.78 is 32.5. The van der Waals surface area contributed by atoms with Gasteiger partial charge in [0.2, 0.25) is 15.9 Å². The monoisotopic (exact) mass is 419 g/mol. The highest BCUT2D eigenvalue weighted by Crippen LogP contribution is 2.18. The van der Waals surface area contributed by atoms with Gasteiger partial charge in [-0.25, -0.2) is 17.9 Å². The predicted molar refractivity (Wildman–Crippen MR) is 109 cm³/mol. The van der Waals surface area contributed by atoms with Crippen molar-refractivity contribution in [1.82, 2.24) is 14.5 Å². The summed E-state index contributed by atoms with van der Waals surface area (Å²) in [6, 6.07) is 12.5. The molecule has 1 heterocycles. The summed E-state index contributed by atoms with van der Waals surface area (Å²) in [4.78, 5) is 27.4. The van der Waals surface area contributed by atoms with Crippen LogP contribution in [-0.4, -0.2) is 69.5 Å². The highest BCUT2D eigenvalue weighted by molar-refractivity contribution is 7.89. The van der Waals surface area contributed by atoms with Crippen molar-refractivity contribution in [3.05, 3.63) is 42.5 Å². The summed E-state index contributed by atoms with van der Waals surface area (Å²) in [6.07, 6.45) is -0.311. The molecule has 0 aromatic heterocycles. The van der Waals surface area contributed by atoms with Crippen LogP contribution in [-0.2, 0) is 19.6 Å². The van der Waals surface area contributed by atoms with Gasteiger partial charge in [0, 0.05) is 39.1 Å². The Morgan fingerprint density at radius 2 is 1.66 bits per heavy atom. The Bertz CT molecular complexity index is 985. The second-order valence-corrected chi connectivity index (χ2v) is 8.49. The van der Waals surface area contributed by atoms with Crippen LogP contribution >= 0.6 is 0 Å². The molecule has 1 saturated heterocycles. The minimum Gasteiger partial charge on any atom is -0.450 e. The largest absolute Gasteiger partial charge is 0.450 e. The number of fused-ring (bicyclic) bond motifs is 1. The third-order valence-electron chi connectivity index (χ3n) is 4.82. The van der Waals surface area contributed by atoms with Crippen LogP contribution in [0.4, 0.5) is 4.79 Å². The highest BCUT2D eigenvalue weighted by Gasteiger charge is 2.25. The zero-order chi connectivity index (χ0) is 20.9. The average Bonchev–Trinajstić information content (AvgIpc) is 2.73. The highest BCUT2D eigenvalue weighted by atomic mass is 32.2. The van der Waals surface area contributed by atoms with E-state index in [2.05, 4.69) is 4.72 Å². The van der Waals surface area contributed by atoms with Crippen molar-refractivity contribution in [3.63, 3.8) is 0 Å². The molecular formula is C20H25N3O5S. The quantitative estimate of drug-likeness (QED) is 0.770.